The lowest BCUT2D eigenvalue weighted by Crippen LogP contribution is -2.54. The van der Waals surface area contributed by atoms with Crippen LogP contribution in [0.2, 0.25) is 0 Å². The number of nitrogens with zero attached hydrogens (tertiary/aromatic N) is 2. The van der Waals surface area contributed by atoms with Gasteiger partial charge in [0.15, 0.2) is 0 Å². The maximum absolute atomic E-state index is 13.7. The Hall–Kier alpha value is -3.48. The van der Waals surface area contributed by atoms with E-state index in [9.17, 15) is 18.8 Å². The second kappa shape index (κ2) is 7.58. The van der Waals surface area contributed by atoms with Gasteiger partial charge in [0.2, 0.25) is 0 Å². The van der Waals surface area contributed by atoms with Crippen LogP contribution in [0, 0.1) is 12.7 Å². The van der Waals surface area contributed by atoms with Gasteiger partial charge in [0.25, 0.3) is 11.8 Å². The van der Waals surface area contributed by atoms with Gasteiger partial charge < -0.3 is 4.90 Å². The minimum atomic E-state index is -0.901. The summed E-state index contributed by atoms with van der Waals surface area (Å²) in [5, 5.41) is 2.18. The Labute approximate surface area is 186 Å². The smallest absolute Gasteiger partial charge is 0.335 e. The van der Waals surface area contributed by atoms with Gasteiger partial charge in [-0.3, -0.25) is 14.9 Å². The maximum Gasteiger partial charge on any atom is 0.335 e. The Balaban J connectivity index is 1.78. The third-order valence-electron chi connectivity index (χ3n) is 6.49. The molecule has 4 rings (SSSR count). The number of halogens is 1. The molecule has 1 atom stereocenters. The van der Waals surface area contributed by atoms with Crippen molar-refractivity contribution in [3.05, 3.63) is 64.5 Å². The van der Waals surface area contributed by atoms with E-state index in [2.05, 4.69) is 44.1 Å². The monoisotopic (exact) mass is 435 g/mol. The van der Waals surface area contributed by atoms with Crippen molar-refractivity contribution < 1.29 is 18.8 Å². The summed E-state index contributed by atoms with van der Waals surface area (Å²) in [6, 6.07) is 8.32. The van der Waals surface area contributed by atoms with E-state index < -0.39 is 23.7 Å². The SMILES string of the molecule is Cc1cc2c(cc1/C=C1\C(=O)NC(=O)N(c3cccc(F)c3)C1=O)[C@H](C)CC(C)(C)N2C. The summed E-state index contributed by atoms with van der Waals surface area (Å²) >= 11 is 0. The molecule has 166 valence electrons. The van der Waals surface area contributed by atoms with Crippen LogP contribution >= 0.6 is 0 Å². The summed E-state index contributed by atoms with van der Waals surface area (Å²) in [5.41, 5.74) is 3.82. The highest BCUT2D eigenvalue weighted by Gasteiger charge is 2.38. The number of hydrogen-bond acceptors (Lipinski definition) is 4. The number of hydrogen-bond donors (Lipinski definition) is 1. The van der Waals surface area contributed by atoms with Crippen molar-refractivity contribution in [3.8, 4) is 0 Å². The molecular formula is C25H26FN3O3. The lowest BCUT2D eigenvalue weighted by molar-refractivity contribution is -0.122. The first-order valence-electron chi connectivity index (χ1n) is 10.5. The van der Waals surface area contributed by atoms with E-state index in [1.165, 1.54) is 24.3 Å². The number of barbiturate groups is 1. The van der Waals surface area contributed by atoms with Crippen LogP contribution in [0.4, 0.5) is 20.6 Å². The first-order chi connectivity index (χ1) is 15.0. The van der Waals surface area contributed by atoms with E-state index in [0.29, 0.717) is 5.92 Å². The van der Waals surface area contributed by atoms with E-state index >= 15 is 0 Å². The molecular weight excluding hydrogens is 409 g/mol. The standard InChI is InChI=1S/C25H26FN3O3/c1-14-9-21-19(15(2)13-25(3,4)28(21)5)10-16(14)11-20-22(30)27-24(32)29(23(20)31)18-8-6-7-17(26)12-18/h6-12,15H,13H2,1-5H3,(H,27,30,32)/b20-11+/t15-/m1/s1. The van der Waals surface area contributed by atoms with Crippen molar-refractivity contribution in [1.82, 2.24) is 5.32 Å². The molecule has 0 bridgehead atoms. The average Bonchev–Trinajstić information content (AvgIpc) is 2.69. The third-order valence-corrected chi connectivity index (χ3v) is 6.49. The summed E-state index contributed by atoms with van der Waals surface area (Å²) < 4.78 is 13.7. The molecule has 7 heteroatoms. The van der Waals surface area contributed by atoms with Crippen molar-refractivity contribution in [2.24, 2.45) is 0 Å². The molecule has 2 aliphatic rings. The van der Waals surface area contributed by atoms with Crippen LogP contribution < -0.4 is 15.1 Å². The zero-order valence-corrected chi connectivity index (χ0v) is 18.8. The van der Waals surface area contributed by atoms with Gasteiger partial charge in [0.1, 0.15) is 11.4 Å². The number of carbonyl (C=O) groups is 3. The van der Waals surface area contributed by atoms with Crippen LogP contribution in [-0.4, -0.2) is 30.4 Å². The molecule has 0 aromatic heterocycles. The van der Waals surface area contributed by atoms with Crippen molar-refractivity contribution in [1.29, 1.82) is 0 Å². The number of rotatable bonds is 2. The van der Waals surface area contributed by atoms with Crippen molar-refractivity contribution >= 4 is 35.3 Å². The van der Waals surface area contributed by atoms with Crippen molar-refractivity contribution in [3.63, 3.8) is 0 Å². The first-order valence-corrected chi connectivity index (χ1v) is 10.5. The van der Waals surface area contributed by atoms with Crippen LogP contribution in [0.25, 0.3) is 6.08 Å². The Kier molecular flexibility index (Phi) is 5.15. The van der Waals surface area contributed by atoms with Gasteiger partial charge in [0.05, 0.1) is 5.69 Å². The summed E-state index contributed by atoms with van der Waals surface area (Å²) in [7, 11) is 2.07. The molecule has 0 radical (unpaired) electrons. The van der Waals surface area contributed by atoms with E-state index in [1.54, 1.807) is 0 Å². The van der Waals surface area contributed by atoms with Crippen LogP contribution in [0.15, 0.2) is 42.0 Å². The highest BCUT2D eigenvalue weighted by Crippen LogP contribution is 2.43. The highest BCUT2D eigenvalue weighted by atomic mass is 19.1. The molecule has 6 nitrogen and oxygen atoms in total. The van der Waals surface area contributed by atoms with Crippen LogP contribution in [-0.2, 0) is 9.59 Å². The molecule has 32 heavy (non-hydrogen) atoms. The Morgan fingerprint density at radius 2 is 1.88 bits per heavy atom. The molecule has 4 amide bonds. The third kappa shape index (κ3) is 3.57. The summed E-state index contributed by atoms with van der Waals surface area (Å²) in [6.07, 6.45) is 2.48. The fraction of sp³-hybridized carbons (Fsp3) is 0.320. The zero-order valence-electron chi connectivity index (χ0n) is 18.8. The molecule has 0 spiro atoms. The highest BCUT2D eigenvalue weighted by molar-refractivity contribution is 6.39. The molecule has 2 aromatic rings. The van der Waals surface area contributed by atoms with E-state index in [0.717, 1.165) is 39.8 Å². The van der Waals surface area contributed by atoms with E-state index in [4.69, 9.17) is 0 Å². The van der Waals surface area contributed by atoms with Gasteiger partial charge in [-0.05, 0) is 86.2 Å². The second-order valence-corrected chi connectivity index (χ2v) is 9.18. The van der Waals surface area contributed by atoms with Gasteiger partial charge in [-0.1, -0.05) is 13.0 Å². The number of benzene rings is 2. The molecule has 0 aliphatic carbocycles. The normalized spacial score (nSPS) is 21.6. The van der Waals surface area contributed by atoms with Gasteiger partial charge in [0, 0.05) is 18.3 Å². The molecule has 1 N–H and O–H groups in total. The fourth-order valence-electron chi connectivity index (χ4n) is 4.55. The molecule has 2 heterocycles. The minimum Gasteiger partial charge on any atom is -0.369 e. The van der Waals surface area contributed by atoms with Crippen LogP contribution in [0.3, 0.4) is 0 Å². The van der Waals surface area contributed by atoms with Gasteiger partial charge in [-0.15, -0.1) is 0 Å². The zero-order chi connectivity index (χ0) is 23.4. The van der Waals surface area contributed by atoms with Crippen LogP contribution in [0.5, 0.6) is 0 Å². The topological polar surface area (TPSA) is 69.7 Å². The summed E-state index contributed by atoms with van der Waals surface area (Å²) in [5.74, 6) is -1.84. The fourth-order valence-corrected chi connectivity index (χ4v) is 4.55. The second-order valence-electron chi connectivity index (χ2n) is 9.18. The Morgan fingerprint density at radius 1 is 1.16 bits per heavy atom. The molecule has 0 unspecified atom stereocenters. The number of anilines is 2. The maximum atomic E-state index is 13.7. The first kappa shape index (κ1) is 21.7. The largest absolute Gasteiger partial charge is 0.369 e. The molecule has 0 saturated carbocycles. The minimum absolute atomic E-state index is 0.0177. The molecule has 1 saturated heterocycles. The number of aryl methyl sites for hydroxylation is 1. The number of amides is 4. The average molecular weight is 435 g/mol. The lowest BCUT2D eigenvalue weighted by atomic mass is 9.79. The van der Waals surface area contributed by atoms with E-state index in [1.807, 2.05) is 13.0 Å². The molecule has 2 aliphatic heterocycles. The number of carbonyl (C=O) groups excluding carboxylic acids is 3. The lowest BCUT2D eigenvalue weighted by Gasteiger charge is -2.45. The van der Waals surface area contributed by atoms with Crippen molar-refractivity contribution in [2.45, 2.75) is 45.6 Å². The van der Waals surface area contributed by atoms with Crippen LogP contribution in [0.1, 0.15) is 49.8 Å². The van der Waals surface area contributed by atoms with Gasteiger partial charge >= 0.3 is 6.03 Å². The summed E-state index contributed by atoms with van der Waals surface area (Å²) in [4.78, 5) is 41.0. The quantitative estimate of drug-likeness (QED) is 0.556. The predicted octanol–water partition coefficient (Wildman–Crippen LogP) is 4.52. The van der Waals surface area contributed by atoms with Crippen molar-refractivity contribution in [2.75, 3.05) is 16.8 Å². The van der Waals surface area contributed by atoms with E-state index in [-0.39, 0.29) is 16.8 Å². The number of urea groups is 1. The molecule has 2 aromatic carbocycles. The number of fused-ring (bicyclic) bond motifs is 1. The predicted molar refractivity (Wildman–Crippen MR) is 122 cm³/mol. The molecule has 1 fully saturated rings. The van der Waals surface area contributed by atoms with Gasteiger partial charge in [-0.25, -0.2) is 14.1 Å². The number of nitrogens with one attached hydrogen (secondary N) is 1. The Morgan fingerprint density at radius 3 is 2.56 bits per heavy atom. The Bertz CT molecular complexity index is 1180. The number of imide groups is 2. The van der Waals surface area contributed by atoms with Gasteiger partial charge in [-0.2, -0.15) is 0 Å². The summed E-state index contributed by atoms with van der Waals surface area (Å²) in [6.45, 7) is 8.51.